The van der Waals surface area contributed by atoms with Crippen LogP contribution in [-0.4, -0.2) is 42.1 Å². The number of phenols is 1. The number of aromatic nitrogens is 1. The molecule has 0 bridgehead atoms. The van der Waals surface area contributed by atoms with Crippen LogP contribution in [0.15, 0.2) is 18.2 Å². The third-order valence-corrected chi connectivity index (χ3v) is 6.57. The van der Waals surface area contributed by atoms with Crippen LogP contribution in [0.4, 0.5) is 0 Å². The van der Waals surface area contributed by atoms with Crippen molar-refractivity contribution in [3.8, 4) is 45.4 Å². The average molecular weight is 452 g/mol. The van der Waals surface area contributed by atoms with E-state index in [0.29, 0.717) is 46.1 Å². The molecule has 0 saturated heterocycles. The minimum atomic E-state index is -1.01. The van der Waals surface area contributed by atoms with E-state index < -0.39 is 5.97 Å². The first-order valence-electron chi connectivity index (χ1n) is 10.8. The standard InChI is InChI=1S/C26H29NO6/c1-12-8-16(9-13(2)23(12)28)20-15(4)27-14(3)10-18-17(22(27)21(20)26(29)30)11-19(31-5)25(33-7)24(18)32-6/h8-9,11,14,28H,10H2,1-7H3,(H,29,30). The lowest BCUT2D eigenvalue weighted by Gasteiger charge is -2.30. The van der Waals surface area contributed by atoms with Gasteiger partial charge in [-0.25, -0.2) is 4.79 Å². The summed E-state index contributed by atoms with van der Waals surface area (Å²) in [6, 6.07) is 5.50. The van der Waals surface area contributed by atoms with E-state index in [-0.39, 0.29) is 17.4 Å². The van der Waals surface area contributed by atoms with Crippen molar-refractivity contribution < 1.29 is 29.2 Å². The fourth-order valence-electron chi connectivity index (χ4n) is 5.20. The van der Waals surface area contributed by atoms with Gasteiger partial charge in [0.2, 0.25) is 5.75 Å². The maximum atomic E-state index is 12.7. The van der Waals surface area contributed by atoms with Gasteiger partial charge in [0.05, 0.1) is 32.6 Å². The fraction of sp³-hybridized carbons (Fsp3) is 0.346. The Labute approximate surface area is 193 Å². The SMILES string of the molecule is COc1cc2c(c(OC)c1OC)CC(C)n1c(C)c(-c3cc(C)c(O)c(C)c3)c(C(=O)O)c1-2. The van der Waals surface area contributed by atoms with Gasteiger partial charge in [-0.05, 0) is 69.0 Å². The smallest absolute Gasteiger partial charge is 0.338 e. The van der Waals surface area contributed by atoms with Crippen molar-refractivity contribution in [2.45, 2.75) is 40.2 Å². The predicted molar refractivity (Wildman–Crippen MR) is 126 cm³/mol. The fourth-order valence-corrected chi connectivity index (χ4v) is 5.20. The summed E-state index contributed by atoms with van der Waals surface area (Å²) in [6.07, 6.45) is 0.646. The second kappa shape index (κ2) is 8.06. The zero-order valence-corrected chi connectivity index (χ0v) is 20.0. The molecule has 0 aliphatic carbocycles. The van der Waals surface area contributed by atoms with Gasteiger partial charge in [-0.2, -0.15) is 0 Å². The van der Waals surface area contributed by atoms with E-state index >= 15 is 0 Å². The molecule has 33 heavy (non-hydrogen) atoms. The monoisotopic (exact) mass is 451 g/mol. The number of benzene rings is 2. The van der Waals surface area contributed by atoms with Gasteiger partial charge in [-0.15, -0.1) is 0 Å². The first-order valence-corrected chi connectivity index (χ1v) is 10.8. The highest BCUT2D eigenvalue weighted by Crippen LogP contribution is 2.52. The van der Waals surface area contributed by atoms with Gasteiger partial charge < -0.3 is 29.0 Å². The third-order valence-electron chi connectivity index (χ3n) is 6.57. The van der Waals surface area contributed by atoms with Crippen LogP contribution in [0, 0.1) is 20.8 Å². The van der Waals surface area contributed by atoms with Crippen LogP contribution in [0.1, 0.15) is 45.7 Å². The van der Waals surface area contributed by atoms with Crippen LogP contribution < -0.4 is 14.2 Å². The number of nitrogens with zero attached hydrogens (tertiary/aromatic N) is 1. The molecule has 0 amide bonds. The summed E-state index contributed by atoms with van der Waals surface area (Å²) in [5, 5.41) is 20.7. The second-order valence-electron chi connectivity index (χ2n) is 8.54. The van der Waals surface area contributed by atoms with Crippen LogP contribution in [0.3, 0.4) is 0 Å². The molecule has 7 heteroatoms. The Bertz CT molecular complexity index is 1260. The quantitative estimate of drug-likeness (QED) is 0.548. The molecule has 0 fully saturated rings. The number of aromatic carboxylic acids is 1. The molecule has 1 unspecified atom stereocenters. The largest absolute Gasteiger partial charge is 0.507 e. The van der Waals surface area contributed by atoms with Crippen molar-refractivity contribution in [1.29, 1.82) is 0 Å². The summed E-state index contributed by atoms with van der Waals surface area (Å²) in [4.78, 5) is 12.7. The van der Waals surface area contributed by atoms with Crippen molar-refractivity contribution in [3.05, 3.63) is 46.1 Å². The molecule has 2 N–H and O–H groups in total. The number of ether oxygens (including phenoxy) is 3. The van der Waals surface area contributed by atoms with Gasteiger partial charge >= 0.3 is 5.97 Å². The number of carboxylic acids is 1. The molecule has 1 atom stereocenters. The molecular weight excluding hydrogens is 422 g/mol. The van der Waals surface area contributed by atoms with Gasteiger partial charge in [-0.1, -0.05) is 0 Å². The van der Waals surface area contributed by atoms with Crippen LogP contribution in [-0.2, 0) is 6.42 Å². The molecule has 7 nitrogen and oxygen atoms in total. The van der Waals surface area contributed by atoms with E-state index in [1.807, 2.05) is 39.0 Å². The van der Waals surface area contributed by atoms with Crippen molar-refractivity contribution in [1.82, 2.24) is 4.57 Å². The normalized spacial score (nSPS) is 14.5. The molecule has 0 saturated carbocycles. The van der Waals surface area contributed by atoms with Crippen molar-refractivity contribution in [2.24, 2.45) is 0 Å². The lowest BCUT2D eigenvalue weighted by atomic mass is 9.90. The highest BCUT2D eigenvalue weighted by atomic mass is 16.5. The number of carboxylic acid groups (broad SMARTS) is 1. The lowest BCUT2D eigenvalue weighted by Crippen LogP contribution is -2.19. The molecule has 0 radical (unpaired) electrons. The molecule has 2 heterocycles. The highest BCUT2D eigenvalue weighted by Gasteiger charge is 2.36. The summed E-state index contributed by atoms with van der Waals surface area (Å²) >= 11 is 0. The number of aromatic hydroxyl groups is 1. The molecule has 1 aliphatic rings. The van der Waals surface area contributed by atoms with E-state index in [0.717, 1.165) is 22.4 Å². The zero-order valence-electron chi connectivity index (χ0n) is 20.0. The Balaban J connectivity index is 2.14. The summed E-state index contributed by atoms with van der Waals surface area (Å²) in [5.74, 6) is 0.724. The minimum absolute atomic E-state index is 0.00865. The van der Waals surface area contributed by atoms with E-state index in [2.05, 4.69) is 11.5 Å². The van der Waals surface area contributed by atoms with Crippen molar-refractivity contribution >= 4 is 5.97 Å². The zero-order chi connectivity index (χ0) is 24.2. The molecule has 1 aromatic heterocycles. The number of hydrogen-bond donors (Lipinski definition) is 2. The molecule has 0 spiro atoms. The van der Waals surface area contributed by atoms with Gasteiger partial charge in [-0.3, -0.25) is 0 Å². The Kier molecular flexibility index (Phi) is 5.52. The Morgan fingerprint density at radius 1 is 1.00 bits per heavy atom. The molecule has 1 aliphatic heterocycles. The Morgan fingerprint density at radius 3 is 2.12 bits per heavy atom. The Hall–Kier alpha value is -3.61. The van der Waals surface area contributed by atoms with E-state index in [4.69, 9.17) is 14.2 Å². The number of rotatable bonds is 5. The minimum Gasteiger partial charge on any atom is -0.507 e. The summed E-state index contributed by atoms with van der Waals surface area (Å²) in [7, 11) is 4.68. The van der Waals surface area contributed by atoms with Crippen LogP contribution >= 0.6 is 0 Å². The number of phenolic OH excluding ortho intramolecular Hbond substituents is 1. The van der Waals surface area contributed by atoms with E-state index in [1.165, 1.54) is 0 Å². The number of methoxy groups -OCH3 is 3. The Morgan fingerprint density at radius 2 is 1.61 bits per heavy atom. The molecule has 3 aromatic rings. The topological polar surface area (TPSA) is 90.2 Å². The van der Waals surface area contributed by atoms with Crippen LogP contribution in [0.2, 0.25) is 0 Å². The second-order valence-corrected chi connectivity index (χ2v) is 8.54. The maximum Gasteiger partial charge on any atom is 0.338 e. The first-order chi connectivity index (χ1) is 15.7. The van der Waals surface area contributed by atoms with Crippen LogP contribution in [0.5, 0.6) is 23.0 Å². The predicted octanol–water partition coefficient (Wildman–Crippen LogP) is 5.29. The molecule has 4 rings (SSSR count). The van der Waals surface area contributed by atoms with Gasteiger partial charge in [0.1, 0.15) is 5.75 Å². The summed E-state index contributed by atoms with van der Waals surface area (Å²) in [6.45, 7) is 7.65. The van der Waals surface area contributed by atoms with Crippen molar-refractivity contribution in [3.63, 3.8) is 0 Å². The lowest BCUT2D eigenvalue weighted by molar-refractivity contribution is 0.0698. The van der Waals surface area contributed by atoms with Crippen molar-refractivity contribution in [2.75, 3.05) is 21.3 Å². The van der Waals surface area contributed by atoms with E-state index in [1.54, 1.807) is 21.3 Å². The summed E-state index contributed by atoms with van der Waals surface area (Å²) < 4.78 is 18.9. The number of hydrogen-bond acceptors (Lipinski definition) is 5. The molecule has 2 aromatic carbocycles. The van der Waals surface area contributed by atoms with Gasteiger partial charge in [0, 0.05) is 28.4 Å². The third kappa shape index (κ3) is 3.22. The van der Waals surface area contributed by atoms with Gasteiger partial charge in [0.25, 0.3) is 0 Å². The molecular formula is C26H29NO6. The highest BCUT2D eigenvalue weighted by molar-refractivity contribution is 6.05. The average Bonchev–Trinajstić information content (AvgIpc) is 3.10. The van der Waals surface area contributed by atoms with Gasteiger partial charge in [0.15, 0.2) is 11.5 Å². The number of aryl methyl sites for hydroxylation is 2. The van der Waals surface area contributed by atoms with E-state index in [9.17, 15) is 15.0 Å². The number of fused-ring (bicyclic) bond motifs is 3. The molecule has 174 valence electrons. The first kappa shape index (κ1) is 22.6. The summed E-state index contributed by atoms with van der Waals surface area (Å²) in [5.41, 5.74) is 6.15. The number of carbonyl (C=O) groups is 1. The van der Waals surface area contributed by atoms with Crippen LogP contribution in [0.25, 0.3) is 22.4 Å². The maximum absolute atomic E-state index is 12.7.